The van der Waals surface area contributed by atoms with Gasteiger partial charge in [0.15, 0.2) is 0 Å². The standard InChI is InChI=1S/C23H29N5O/c1-5-28(6-2)20-13-11-19(12-14-20)26-22-15-17(3)25-23(27-22)24-16-18-9-7-8-10-21(18)29-4/h7-15H,5-6,16H2,1-4H3,(H2,24,25,26,27). The van der Waals surface area contributed by atoms with Gasteiger partial charge in [0.2, 0.25) is 5.95 Å². The number of hydrogen-bond donors (Lipinski definition) is 2. The normalized spacial score (nSPS) is 10.5. The first-order valence-corrected chi connectivity index (χ1v) is 9.96. The largest absolute Gasteiger partial charge is 0.496 e. The van der Waals surface area contributed by atoms with E-state index in [0.29, 0.717) is 12.5 Å². The first-order valence-electron chi connectivity index (χ1n) is 9.96. The summed E-state index contributed by atoms with van der Waals surface area (Å²) in [6, 6.07) is 18.3. The van der Waals surface area contributed by atoms with Gasteiger partial charge in [-0.2, -0.15) is 4.98 Å². The highest BCUT2D eigenvalue weighted by atomic mass is 16.5. The molecule has 3 aromatic rings. The number of nitrogens with one attached hydrogen (secondary N) is 2. The van der Waals surface area contributed by atoms with E-state index in [0.717, 1.165) is 41.6 Å². The molecule has 0 bridgehead atoms. The molecule has 152 valence electrons. The molecule has 0 amide bonds. The van der Waals surface area contributed by atoms with Crippen molar-refractivity contribution in [1.82, 2.24) is 9.97 Å². The van der Waals surface area contributed by atoms with Crippen LogP contribution in [-0.4, -0.2) is 30.2 Å². The minimum atomic E-state index is 0.582. The second-order valence-corrected chi connectivity index (χ2v) is 6.73. The van der Waals surface area contributed by atoms with E-state index >= 15 is 0 Å². The Kier molecular flexibility index (Phi) is 6.89. The monoisotopic (exact) mass is 391 g/mol. The molecule has 0 aliphatic heterocycles. The third-order valence-electron chi connectivity index (χ3n) is 4.75. The maximum atomic E-state index is 5.41. The Hall–Kier alpha value is -3.28. The van der Waals surface area contributed by atoms with Crippen molar-refractivity contribution in [3.8, 4) is 5.75 Å². The van der Waals surface area contributed by atoms with E-state index < -0.39 is 0 Å². The van der Waals surface area contributed by atoms with Gasteiger partial charge < -0.3 is 20.3 Å². The highest BCUT2D eigenvalue weighted by Crippen LogP contribution is 2.22. The minimum Gasteiger partial charge on any atom is -0.496 e. The highest BCUT2D eigenvalue weighted by Gasteiger charge is 2.06. The van der Waals surface area contributed by atoms with Crippen LogP contribution >= 0.6 is 0 Å². The van der Waals surface area contributed by atoms with Crippen molar-refractivity contribution in [3.63, 3.8) is 0 Å². The van der Waals surface area contributed by atoms with Gasteiger partial charge in [-0.1, -0.05) is 18.2 Å². The Morgan fingerprint density at radius 1 is 0.966 bits per heavy atom. The topological polar surface area (TPSA) is 62.3 Å². The summed E-state index contributed by atoms with van der Waals surface area (Å²) in [7, 11) is 1.68. The molecular weight excluding hydrogens is 362 g/mol. The fraction of sp³-hybridized carbons (Fsp3) is 0.304. The zero-order valence-electron chi connectivity index (χ0n) is 17.6. The molecule has 0 unspecified atom stereocenters. The fourth-order valence-corrected chi connectivity index (χ4v) is 3.23. The lowest BCUT2D eigenvalue weighted by Crippen LogP contribution is -2.21. The molecule has 6 heteroatoms. The molecule has 0 aliphatic carbocycles. The highest BCUT2D eigenvalue weighted by molar-refractivity contribution is 5.61. The molecular formula is C23H29N5O. The van der Waals surface area contributed by atoms with E-state index in [1.54, 1.807) is 7.11 Å². The number of para-hydroxylation sites is 1. The van der Waals surface area contributed by atoms with E-state index in [9.17, 15) is 0 Å². The van der Waals surface area contributed by atoms with E-state index in [2.05, 4.69) is 63.6 Å². The van der Waals surface area contributed by atoms with Crippen LogP contribution in [0.15, 0.2) is 54.6 Å². The van der Waals surface area contributed by atoms with Crippen LogP contribution in [-0.2, 0) is 6.54 Å². The predicted molar refractivity (Wildman–Crippen MR) is 120 cm³/mol. The number of rotatable bonds is 9. The molecule has 1 aromatic heterocycles. The van der Waals surface area contributed by atoms with Crippen LogP contribution in [0.25, 0.3) is 0 Å². The van der Waals surface area contributed by atoms with Crippen LogP contribution in [0.4, 0.5) is 23.1 Å². The van der Waals surface area contributed by atoms with Gasteiger partial charge >= 0.3 is 0 Å². The third-order valence-corrected chi connectivity index (χ3v) is 4.75. The number of aryl methyl sites for hydroxylation is 1. The molecule has 0 fully saturated rings. The predicted octanol–water partition coefficient (Wildman–Crippen LogP) is 5.00. The number of nitrogens with zero attached hydrogens (tertiary/aromatic N) is 3. The molecule has 29 heavy (non-hydrogen) atoms. The van der Waals surface area contributed by atoms with Crippen molar-refractivity contribution >= 4 is 23.1 Å². The van der Waals surface area contributed by atoms with Crippen molar-refractivity contribution in [1.29, 1.82) is 0 Å². The maximum absolute atomic E-state index is 5.41. The van der Waals surface area contributed by atoms with Gasteiger partial charge in [0.25, 0.3) is 0 Å². The van der Waals surface area contributed by atoms with Crippen molar-refractivity contribution in [2.75, 3.05) is 35.7 Å². The Morgan fingerprint density at radius 3 is 2.38 bits per heavy atom. The van der Waals surface area contributed by atoms with Gasteiger partial charge in [0.1, 0.15) is 11.6 Å². The molecule has 0 radical (unpaired) electrons. The Bertz CT molecular complexity index is 923. The summed E-state index contributed by atoms with van der Waals surface area (Å²) in [6.45, 7) is 8.87. The quantitative estimate of drug-likeness (QED) is 0.535. The van der Waals surface area contributed by atoms with Crippen molar-refractivity contribution in [3.05, 3.63) is 65.9 Å². The molecule has 2 N–H and O–H groups in total. The second-order valence-electron chi connectivity index (χ2n) is 6.73. The van der Waals surface area contributed by atoms with Crippen LogP contribution in [0.3, 0.4) is 0 Å². The lowest BCUT2D eigenvalue weighted by molar-refractivity contribution is 0.410. The molecule has 0 spiro atoms. The van der Waals surface area contributed by atoms with Gasteiger partial charge in [-0.3, -0.25) is 0 Å². The summed E-state index contributed by atoms with van der Waals surface area (Å²) in [5.74, 6) is 2.19. The maximum Gasteiger partial charge on any atom is 0.225 e. The summed E-state index contributed by atoms with van der Waals surface area (Å²) in [6.07, 6.45) is 0. The number of hydrogen-bond acceptors (Lipinski definition) is 6. The fourth-order valence-electron chi connectivity index (χ4n) is 3.23. The molecule has 1 heterocycles. The molecule has 2 aromatic carbocycles. The zero-order chi connectivity index (χ0) is 20.6. The average molecular weight is 392 g/mol. The Morgan fingerprint density at radius 2 is 1.69 bits per heavy atom. The molecule has 0 aliphatic rings. The van der Waals surface area contributed by atoms with Crippen LogP contribution < -0.4 is 20.3 Å². The minimum absolute atomic E-state index is 0.582. The van der Waals surface area contributed by atoms with Crippen LogP contribution in [0.1, 0.15) is 25.1 Å². The van der Waals surface area contributed by atoms with Gasteiger partial charge in [-0.05, 0) is 51.1 Å². The number of aromatic nitrogens is 2. The number of ether oxygens (including phenoxy) is 1. The van der Waals surface area contributed by atoms with E-state index in [1.807, 2.05) is 37.3 Å². The van der Waals surface area contributed by atoms with E-state index in [4.69, 9.17) is 4.74 Å². The summed E-state index contributed by atoms with van der Waals surface area (Å²) in [5.41, 5.74) is 4.17. The van der Waals surface area contributed by atoms with Gasteiger partial charge in [0, 0.05) is 48.3 Å². The average Bonchev–Trinajstić information content (AvgIpc) is 2.74. The summed E-state index contributed by atoms with van der Waals surface area (Å²) < 4.78 is 5.41. The SMILES string of the molecule is CCN(CC)c1ccc(Nc2cc(C)nc(NCc3ccccc3OC)n2)cc1. The Labute approximate surface area is 173 Å². The van der Waals surface area contributed by atoms with Crippen LogP contribution in [0.2, 0.25) is 0 Å². The number of benzene rings is 2. The summed E-state index contributed by atoms with van der Waals surface area (Å²) in [5, 5.41) is 6.67. The smallest absolute Gasteiger partial charge is 0.225 e. The molecule has 0 saturated carbocycles. The first kappa shape index (κ1) is 20.5. The lowest BCUT2D eigenvalue weighted by Gasteiger charge is -2.21. The van der Waals surface area contributed by atoms with Gasteiger partial charge in [0.05, 0.1) is 7.11 Å². The summed E-state index contributed by atoms with van der Waals surface area (Å²) >= 11 is 0. The van der Waals surface area contributed by atoms with Crippen LogP contribution in [0.5, 0.6) is 5.75 Å². The van der Waals surface area contributed by atoms with Crippen molar-refractivity contribution in [2.45, 2.75) is 27.3 Å². The first-order chi connectivity index (χ1) is 14.1. The number of methoxy groups -OCH3 is 1. The molecule has 0 atom stereocenters. The van der Waals surface area contributed by atoms with Crippen molar-refractivity contribution < 1.29 is 4.74 Å². The second kappa shape index (κ2) is 9.78. The van der Waals surface area contributed by atoms with Crippen molar-refractivity contribution in [2.24, 2.45) is 0 Å². The van der Waals surface area contributed by atoms with Gasteiger partial charge in [-0.25, -0.2) is 4.98 Å². The molecule has 0 saturated heterocycles. The number of anilines is 4. The van der Waals surface area contributed by atoms with Crippen LogP contribution in [0, 0.1) is 6.92 Å². The molecule has 6 nitrogen and oxygen atoms in total. The van der Waals surface area contributed by atoms with E-state index in [1.165, 1.54) is 5.69 Å². The molecule has 3 rings (SSSR count). The van der Waals surface area contributed by atoms with Gasteiger partial charge in [-0.15, -0.1) is 0 Å². The zero-order valence-corrected chi connectivity index (χ0v) is 17.6. The van der Waals surface area contributed by atoms with E-state index in [-0.39, 0.29) is 0 Å². The summed E-state index contributed by atoms with van der Waals surface area (Å²) in [4.78, 5) is 11.4. The Balaban J connectivity index is 1.70. The lowest BCUT2D eigenvalue weighted by atomic mass is 10.2. The third kappa shape index (κ3) is 5.38.